The summed E-state index contributed by atoms with van der Waals surface area (Å²) in [5.41, 5.74) is 0. The first kappa shape index (κ1) is 95.7. The Hall–Kier alpha value is -4.28. The maximum atomic E-state index is 13.1. The van der Waals surface area contributed by atoms with Crippen molar-refractivity contribution < 1.29 is 80.2 Å². The van der Waals surface area contributed by atoms with Crippen LogP contribution in [0.4, 0.5) is 0 Å². The predicted molar refractivity (Wildman–Crippen MR) is 408 cm³/mol. The summed E-state index contributed by atoms with van der Waals surface area (Å²) in [6, 6.07) is 0. The summed E-state index contributed by atoms with van der Waals surface area (Å²) in [5, 5.41) is 10.6. The van der Waals surface area contributed by atoms with E-state index < -0.39 is 97.5 Å². The van der Waals surface area contributed by atoms with Crippen molar-refractivity contribution in [3.63, 3.8) is 0 Å². The van der Waals surface area contributed by atoms with Gasteiger partial charge in [0.2, 0.25) is 0 Å². The molecule has 0 aromatic rings. The number of aliphatic hydroxyl groups is 1. The van der Waals surface area contributed by atoms with Crippen LogP contribution in [0.25, 0.3) is 0 Å². The van der Waals surface area contributed by atoms with Gasteiger partial charge in [0.05, 0.1) is 26.4 Å². The highest BCUT2D eigenvalue weighted by Gasteiger charge is 2.30. The van der Waals surface area contributed by atoms with Crippen molar-refractivity contribution in [3.8, 4) is 0 Å². The topological polar surface area (TPSA) is 237 Å². The Morgan fingerprint density at radius 1 is 0.290 bits per heavy atom. The first-order valence-electron chi connectivity index (χ1n) is 39.1. The van der Waals surface area contributed by atoms with E-state index in [4.69, 9.17) is 37.0 Å². The molecule has 0 aliphatic rings. The Morgan fingerprint density at radius 3 is 0.850 bits per heavy atom. The molecule has 100 heavy (non-hydrogen) atoms. The summed E-state index contributed by atoms with van der Waals surface area (Å²) in [6.07, 6.45) is 78.0. The van der Waals surface area contributed by atoms with Gasteiger partial charge in [-0.3, -0.25) is 37.3 Å². The molecule has 0 aromatic heterocycles. The molecule has 0 spiro atoms. The van der Waals surface area contributed by atoms with Crippen LogP contribution in [0.3, 0.4) is 0 Å². The van der Waals surface area contributed by atoms with Crippen LogP contribution in [0.2, 0.25) is 0 Å². The molecule has 0 heterocycles. The minimum absolute atomic E-state index is 0.0726. The van der Waals surface area contributed by atoms with Crippen LogP contribution in [-0.4, -0.2) is 96.7 Å². The van der Waals surface area contributed by atoms with Gasteiger partial charge in [0.25, 0.3) is 0 Å². The van der Waals surface area contributed by atoms with Gasteiger partial charge in [-0.1, -0.05) is 285 Å². The standard InChI is InChI=1S/C81H140O17P2/c1-5-9-13-17-21-25-29-32-35-37-40-42-46-49-53-57-61-65-78(83)91-71-76(97-80(85)67-63-59-55-51-45-28-24-20-16-12-8-4)73-95-99(87,88)93-69-75(82)70-94-100(89,90)96-74-77(98-81(86)68-64-60-56-52-48-44-39-34-31-27-23-19-15-11-7-3)72-92-79(84)66-62-58-54-50-47-43-41-38-36-33-30-26-22-18-14-10-6-2/h9-10,13-14,21-22,25-26,32-36,39,41,43,50,54,75-77,82H,5-8,11-12,15-20,23-24,27-31,37-38,40,42,44-49,51-53,55-74H2,1-4H3,(H,87,88)(H,89,90)/b13-9-,14-10-,25-21-,26-22-,35-32-,36-33-,39-34-,43-41-,54-50-. The maximum Gasteiger partial charge on any atom is 0.472 e. The zero-order chi connectivity index (χ0) is 73.2. The Balaban J connectivity index is 5.37. The fourth-order valence-electron chi connectivity index (χ4n) is 10.3. The molecular weight excluding hydrogens is 1310 g/mol. The second kappa shape index (κ2) is 73.0. The van der Waals surface area contributed by atoms with Gasteiger partial charge in [-0.2, -0.15) is 0 Å². The lowest BCUT2D eigenvalue weighted by Gasteiger charge is -2.21. The molecule has 0 fully saturated rings. The zero-order valence-electron chi connectivity index (χ0n) is 62.8. The lowest BCUT2D eigenvalue weighted by Crippen LogP contribution is -2.30. The number of unbranched alkanes of at least 4 members (excludes halogenated alkanes) is 29. The molecule has 0 bridgehead atoms. The van der Waals surface area contributed by atoms with E-state index in [1.807, 2.05) is 12.2 Å². The van der Waals surface area contributed by atoms with Crippen LogP contribution < -0.4 is 0 Å². The van der Waals surface area contributed by atoms with Crippen molar-refractivity contribution in [2.75, 3.05) is 39.6 Å². The quantitative estimate of drug-likeness (QED) is 0.0169. The third-order valence-electron chi connectivity index (χ3n) is 16.2. The molecule has 3 N–H and O–H groups in total. The molecule has 0 saturated carbocycles. The lowest BCUT2D eigenvalue weighted by molar-refractivity contribution is -0.161. The second-order valence-electron chi connectivity index (χ2n) is 25.9. The van der Waals surface area contributed by atoms with E-state index >= 15 is 0 Å². The van der Waals surface area contributed by atoms with E-state index in [1.54, 1.807) is 0 Å². The molecule has 0 aromatic carbocycles. The molecule has 5 unspecified atom stereocenters. The van der Waals surface area contributed by atoms with Crippen molar-refractivity contribution in [3.05, 3.63) is 109 Å². The molecule has 0 aliphatic heterocycles. The lowest BCUT2D eigenvalue weighted by atomic mass is 10.1. The van der Waals surface area contributed by atoms with E-state index in [-0.39, 0.29) is 25.7 Å². The van der Waals surface area contributed by atoms with Crippen LogP contribution in [-0.2, 0) is 65.4 Å². The van der Waals surface area contributed by atoms with Gasteiger partial charge in [-0.05, 0) is 122 Å². The van der Waals surface area contributed by atoms with E-state index in [1.165, 1.54) is 77.0 Å². The Morgan fingerprint density at radius 2 is 0.530 bits per heavy atom. The fourth-order valence-corrected chi connectivity index (χ4v) is 11.9. The SMILES string of the molecule is CC/C=C\C/C=C\C/C=C\C/C=C\C/C=C\CCCC(=O)OCC(COP(=O)(O)OCC(O)COP(=O)(O)OCC(COC(=O)CCCCCCCCC/C=C\C/C=C\C/C=C\CC)OC(=O)CCCCCCCCCCCCC)OC(=O)CCCCCCC/C=C\CCCCCCCC. The number of aliphatic hydroxyl groups excluding tert-OH is 1. The van der Waals surface area contributed by atoms with Crippen LogP contribution >= 0.6 is 15.6 Å². The van der Waals surface area contributed by atoms with Gasteiger partial charge in [-0.25, -0.2) is 9.13 Å². The molecule has 576 valence electrons. The number of carbonyl (C=O) groups excluding carboxylic acids is 4. The number of phosphoric ester groups is 2. The van der Waals surface area contributed by atoms with E-state index in [2.05, 4.69) is 125 Å². The summed E-state index contributed by atoms with van der Waals surface area (Å²) >= 11 is 0. The van der Waals surface area contributed by atoms with Gasteiger partial charge in [0.15, 0.2) is 12.2 Å². The zero-order valence-corrected chi connectivity index (χ0v) is 64.6. The van der Waals surface area contributed by atoms with Crippen LogP contribution in [0.1, 0.15) is 323 Å². The van der Waals surface area contributed by atoms with E-state index in [9.17, 15) is 43.2 Å². The highest BCUT2D eigenvalue weighted by molar-refractivity contribution is 7.47. The van der Waals surface area contributed by atoms with E-state index in [0.29, 0.717) is 32.1 Å². The summed E-state index contributed by atoms with van der Waals surface area (Å²) in [5.74, 6) is -2.25. The number of esters is 4. The highest BCUT2D eigenvalue weighted by Crippen LogP contribution is 2.45. The van der Waals surface area contributed by atoms with Gasteiger partial charge < -0.3 is 33.8 Å². The Kier molecular flexibility index (Phi) is 69.9. The summed E-state index contributed by atoms with van der Waals surface area (Å²) < 4.78 is 68.5. The normalized spacial score (nSPS) is 14.5. The molecule has 5 atom stereocenters. The van der Waals surface area contributed by atoms with Gasteiger partial charge >= 0.3 is 39.5 Å². The third-order valence-corrected chi connectivity index (χ3v) is 18.1. The monoisotopic (exact) mass is 1450 g/mol. The molecule has 0 radical (unpaired) electrons. The smallest absolute Gasteiger partial charge is 0.462 e. The number of hydrogen-bond acceptors (Lipinski definition) is 15. The Bertz CT molecular complexity index is 2320. The number of rotatable bonds is 73. The number of carbonyl (C=O) groups is 4. The number of ether oxygens (including phenoxy) is 4. The van der Waals surface area contributed by atoms with Crippen LogP contribution in [0.15, 0.2) is 109 Å². The van der Waals surface area contributed by atoms with Crippen molar-refractivity contribution in [1.29, 1.82) is 0 Å². The van der Waals surface area contributed by atoms with Crippen LogP contribution in [0, 0.1) is 0 Å². The number of allylic oxidation sites excluding steroid dienone is 18. The van der Waals surface area contributed by atoms with Gasteiger partial charge in [0, 0.05) is 25.7 Å². The van der Waals surface area contributed by atoms with Gasteiger partial charge in [-0.15, -0.1) is 0 Å². The van der Waals surface area contributed by atoms with Crippen molar-refractivity contribution in [2.24, 2.45) is 0 Å². The first-order chi connectivity index (χ1) is 48.7. The largest absolute Gasteiger partial charge is 0.472 e. The van der Waals surface area contributed by atoms with Crippen LogP contribution in [0.5, 0.6) is 0 Å². The molecule has 19 heteroatoms. The van der Waals surface area contributed by atoms with Crippen molar-refractivity contribution in [1.82, 2.24) is 0 Å². The van der Waals surface area contributed by atoms with Crippen molar-refractivity contribution >= 4 is 39.5 Å². The number of phosphoric acid groups is 2. The predicted octanol–water partition coefficient (Wildman–Crippen LogP) is 22.6. The molecule has 0 rings (SSSR count). The average molecular weight is 1450 g/mol. The van der Waals surface area contributed by atoms with Crippen molar-refractivity contribution in [2.45, 2.75) is 341 Å². The summed E-state index contributed by atoms with van der Waals surface area (Å²) in [6.45, 7) is 4.58. The molecule has 0 amide bonds. The highest BCUT2D eigenvalue weighted by atomic mass is 31.2. The summed E-state index contributed by atoms with van der Waals surface area (Å²) in [4.78, 5) is 72.9. The number of hydrogen-bond donors (Lipinski definition) is 3. The molecule has 0 aliphatic carbocycles. The molecule has 0 saturated heterocycles. The maximum absolute atomic E-state index is 13.1. The second-order valence-corrected chi connectivity index (χ2v) is 28.8. The van der Waals surface area contributed by atoms with Gasteiger partial charge in [0.1, 0.15) is 19.3 Å². The first-order valence-corrected chi connectivity index (χ1v) is 42.1. The van der Waals surface area contributed by atoms with E-state index in [0.717, 1.165) is 161 Å². The minimum atomic E-state index is -4.99. The summed E-state index contributed by atoms with van der Waals surface area (Å²) in [7, 11) is -9.97. The molecular formula is C81H140O17P2. The third kappa shape index (κ3) is 72.1. The Labute approximate surface area is 607 Å². The minimum Gasteiger partial charge on any atom is -0.462 e. The average Bonchev–Trinajstić information content (AvgIpc) is 1.02. The molecule has 17 nitrogen and oxygen atoms in total. The fraction of sp³-hybridized carbons (Fsp3) is 0.728.